The van der Waals surface area contributed by atoms with Crippen molar-refractivity contribution in [1.29, 1.82) is 0 Å². The van der Waals surface area contributed by atoms with E-state index in [0.717, 1.165) is 5.56 Å². The Labute approximate surface area is 136 Å². The third kappa shape index (κ3) is 3.77. The number of rotatable bonds is 4. The molecule has 0 unspecified atom stereocenters. The average molecular weight is 391 g/mol. The van der Waals surface area contributed by atoms with Crippen LogP contribution in [0, 0.1) is 6.92 Å². The molecule has 112 valence electrons. The van der Waals surface area contributed by atoms with Crippen molar-refractivity contribution in [1.82, 2.24) is 0 Å². The quantitative estimate of drug-likeness (QED) is 0.836. The molecule has 2 N–H and O–H groups in total. The SMILES string of the molecule is Cc1ccc(Br)c(NS(=O)(=O)c2ccc(Cl)c(CO)c2)c1. The zero-order valence-electron chi connectivity index (χ0n) is 11.1. The number of benzene rings is 2. The number of aliphatic hydroxyl groups excluding tert-OH is 1. The first-order valence-electron chi connectivity index (χ1n) is 6.02. The van der Waals surface area contributed by atoms with Crippen LogP contribution in [0.1, 0.15) is 11.1 Å². The lowest BCUT2D eigenvalue weighted by Crippen LogP contribution is -2.13. The van der Waals surface area contributed by atoms with Gasteiger partial charge in [0.1, 0.15) is 0 Å². The predicted molar refractivity (Wildman–Crippen MR) is 87.1 cm³/mol. The summed E-state index contributed by atoms with van der Waals surface area (Å²) in [4.78, 5) is 0.0457. The zero-order valence-corrected chi connectivity index (χ0v) is 14.3. The highest BCUT2D eigenvalue weighted by Crippen LogP contribution is 2.27. The first-order chi connectivity index (χ1) is 9.83. The minimum Gasteiger partial charge on any atom is -0.392 e. The lowest BCUT2D eigenvalue weighted by Gasteiger charge is -2.11. The molecule has 0 saturated heterocycles. The van der Waals surface area contributed by atoms with E-state index in [0.29, 0.717) is 20.7 Å². The predicted octanol–water partition coefficient (Wildman–Crippen LogP) is 3.70. The second-order valence-corrected chi connectivity index (χ2v) is 7.44. The number of hydrogen-bond acceptors (Lipinski definition) is 3. The smallest absolute Gasteiger partial charge is 0.261 e. The second-order valence-electron chi connectivity index (χ2n) is 4.50. The Morgan fingerprint density at radius 1 is 1.24 bits per heavy atom. The van der Waals surface area contributed by atoms with Crippen LogP contribution in [0.15, 0.2) is 45.8 Å². The van der Waals surface area contributed by atoms with Gasteiger partial charge in [0, 0.05) is 9.50 Å². The van der Waals surface area contributed by atoms with Crippen LogP contribution < -0.4 is 4.72 Å². The monoisotopic (exact) mass is 389 g/mol. The van der Waals surface area contributed by atoms with Gasteiger partial charge in [0.15, 0.2) is 0 Å². The Hall–Kier alpha value is -1.08. The van der Waals surface area contributed by atoms with E-state index in [4.69, 9.17) is 11.6 Å². The van der Waals surface area contributed by atoms with Gasteiger partial charge >= 0.3 is 0 Å². The van der Waals surface area contributed by atoms with E-state index in [1.807, 2.05) is 13.0 Å². The van der Waals surface area contributed by atoms with Gasteiger partial charge in [0.25, 0.3) is 10.0 Å². The third-order valence-electron chi connectivity index (χ3n) is 2.86. The summed E-state index contributed by atoms with van der Waals surface area (Å²) >= 11 is 9.18. The molecule has 0 radical (unpaired) electrons. The molecule has 4 nitrogen and oxygen atoms in total. The van der Waals surface area contributed by atoms with Crippen molar-refractivity contribution < 1.29 is 13.5 Å². The first-order valence-corrected chi connectivity index (χ1v) is 8.67. The number of anilines is 1. The number of aliphatic hydroxyl groups is 1. The van der Waals surface area contributed by atoms with Crippen LogP contribution in [0.2, 0.25) is 5.02 Å². The average Bonchev–Trinajstić information content (AvgIpc) is 2.43. The topological polar surface area (TPSA) is 66.4 Å². The number of sulfonamides is 1. The van der Waals surface area contributed by atoms with Crippen LogP contribution in [-0.4, -0.2) is 13.5 Å². The van der Waals surface area contributed by atoms with Crippen molar-refractivity contribution in [2.24, 2.45) is 0 Å². The maximum atomic E-state index is 12.4. The van der Waals surface area contributed by atoms with E-state index in [1.54, 1.807) is 12.1 Å². The first kappa shape index (κ1) is 16.3. The maximum absolute atomic E-state index is 12.4. The summed E-state index contributed by atoms with van der Waals surface area (Å²) in [6, 6.07) is 9.57. The van der Waals surface area contributed by atoms with Crippen molar-refractivity contribution in [3.63, 3.8) is 0 Å². The number of halogens is 2. The normalized spacial score (nSPS) is 11.4. The highest BCUT2D eigenvalue weighted by atomic mass is 79.9. The fourth-order valence-electron chi connectivity index (χ4n) is 1.76. The second kappa shape index (κ2) is 6.36. The van der Waals surface area contributed by atoms with Gasteiger partial charge in [-0.1, -0.05) is 17.7 Å². The summed E-state index contributed by atoms with van der Waals surface area (Å²) in [7, 11) is -3.75. The Kier molecular flexibility index (Phi) is 4.93. The summed E-state index contributed by atoms with van der Waals surface area (Å²) in [5, 5.41) is 9.50. The summed E-state index contributed by atoms with van der Waals surface area (Å²) in [5.41, 5.74) is 1.75. The molecule has 0 aliphatic rings. The molecular weight excluding hydrogens is 378 g/mol. The van der Waals surface area contributed by atoms with Gasteiger partial charge in [-0.15, -0.1) is 0 Å². The number of aryl methyl sites for hydroxylation is 1. The van der Waals surface area contributed by atoms with Crippen molar-refractivity contribution in [3.8, 4) is 0 Å². The summed E-state index contributed by atoms with van der Waals surface area (Å²) < 4.78 is 27.9. The van der Waals surface area contributed by atoms with Gasteiger partial charge in [0.2, 0.25) is 0 Å². The van der Waals surface area contributed by atoms with E-state index in [-0.39, 0.29) is 11.5 Å². The Morgan fingerprint density at radius 2 is 1.95 bits per heavy atom. The Morgan fingerprint density at radius 3 is 2.62 bits per heavy atom. The molecule has 2 aromatic carbocycles. The highest BCUT2D eigenvalue weighted by molar-refractivity contribution is 9.10. The van der Waals surface area contributed by atoms with Crippen LogP contribution in [0.25, 0.3) is 0 Å². The standard InChI is InChI=1S/C14H13BrClNO3S/c1-9-2-4-12(15)14(6-9)17-21(19,20)11-3-5-13(16)10(7-11)8-18/h2-7,17-18H,8H2,1H3. The van der Waals surface area contributed by atoms with Crippen LogP contribution in [0.3, 0.4) is 0 Å². The summed E-state index contributed by atoms with van der Waals surface area (Å²) in [6.07, 6.45) is 0. The lowest BCUT2D eigenvalue weighted by atomic mass is 10.2. The number of nitrogens with one attached hydrogen (secondary N) is 1. The van der Waals surface area contributed by atoms with Crippen molar-refractivity contribution >= 4 is 43.2 Å². The molecule has 0 spiro atoms. The molecule has 0 amide bonds. The van der Waals surface area contributed by atoms with Crippen LogP contribution >= 0.6 is 27.5 Å². The van der Waals surface area contributed by atoms with E-state index >= 15 is 0 Å². The van der Waals surface area contributed by atoms with Gasteiger partial charge < -0.3 is 5.11 Å². The van der Waals surface area contributed by atoms with Crippen molar-refractivity contribution in [3.05, 3.63) is 57.0 Å². The van der Waals surface area contributed by atoms with Gasteiger partial charge in [-0.25, -0.2) is 8.42 Å². The molecule has 0 heterocycles. The van der Waals surface area contributed by atoms with E-state index in [2.05, 4.69) is 20.7 Å². The maximum Gasteiger partial charge on any atom is 0.261 e. The molecule has 0 aliphatic heterocycles. The summed E-state index contributed by atoms with van der Waals surface area (Å²) in [6.45, 7) is 1.55. The molecule has 7 heteroatoms. The molecule has 0 bridgehead atoms. The zero-order chi connectivity index (χ0) is 15.6. The minimum absolute atomic E-state index is 0.0457. The molecule has 2 aromatic rings. The molecule has 2 rings (SSSR count). The minimum atomic E-state index is -3.75. The van der Waals surface area contributed by atoms with Crippen molar-refractivity contribution in [2.45, 2.75) is 18.4 Å². The molecular formula is C14H13BrClNO3S. The lowest BCUT2D eigenvalue weighted by molar-refractivity contribution is 0.281. The third-order valence-corrected chi connectivity index (χ3v) is 5.29. The van der Waals surface area contributed by atoms with Crippen molar-refractivity contribution in [2.75, 3.05) is 4.72 Å². The van der Waals surface area contributed by atoms with Gasteiger partial charge in [-0.3, -0.25) is 4.72 Å². The Bertz CT molecular complexity index is 778. The summed E-state index contributed by atoms with van der Waals surface area (Å²) in [5.74, 6) is 0. The molecule has 0 atom stereocenters. The van der Waals surface area contributed by atoms with E-state index in [9.17, 15) is 13.5 Å². The van der Waals surface area contributed by atoms with Crippen LogP contribution in [0.5, 0.6) is 0 Å². The molecule has 0 fully saturated rings. The number of hydrogen-bond donors (Lipinski definition) is 2. The van der Waals surface area contributed by atoms with E-state index < -0.39 is 10.0 Å². The van der Waals surface area contributed by atoms with Gasteiger partial charge in [-0.2, -0.15) is 0 Å². The van der Waals surface area contributed by atoms with Crippen LogP contribution in [-0.2, 0) is 16.6 Å². The molecule has 0 saturated carbocycles. The largest absolute Gasteiger partial charge is 0.392 e. The molecule has 0 aliphatic carbocycles. The van der Waals surface area contributed by atoms with Gasteiger partial charge in [-0.05, 0) is 64.3 Å². The fourth-order valence-corrected chi connectivity index (χ4v) is 3.54. The highest BCUT2D eigenvalue weighted by Gasteiger charge is 2.17. The molecule has 21 heavy (non-hydrogen) atoms. The van der Waals surface area contributed by atoms with Gasteiger partial charge in [0.05, 0.1) is 17.2 Å². The fraction of sp³-hybridized carbons (Fsp3) is 0.143. The molecule has 0 aromatic heterocycles. The Balaban J connectivity index is 2.41. The van der Waals surface area contributed by atoms with E-state index in [1.165, 1.54) is 18.2 Å². The van der Waals surface area contributed by atoms with Crippen LogP contribution in [0.4, 0.5) is 5.69 Å².